The van der Waals surface area contributed by atoms with Crippen LogP contribution in [0.5, 0.6) is 0 Å². The number of rotatable bonds is 7. The van der Waals surface area contributed by atoms with Crippen LogP contribution in [0, 0.1) is 0 Å². The monoisotopic (exact) mass is 521 g/mol. The Morgan fingerprint density at radius 3 is 2.90 bits per heavy atom. The van der Waals surface area contributed by atoms with Crippen molar-refractivity contribution in [2.45, 2.75) is 19.5 Å². The SMILES string of the molecule is CN=C(NCCCn1ccc2ccccc21)NCc1coc(-c2cccs2)n1.I. The summed E-state index contributed by atoms with van der Waals surface area (Å²) in [6.45, 7) is 2.37. The molecule has 0 aliphatic carbocycles. The molecule has 8 heteroatoms. The minimum Gasteiger partial charge on any atom is -0.443 e. The quantitative estimate of drug-likeness (QED) is 0.160. The summed E-state index contributed by atoms with van der Waals surface area (Å²) in [7, 11) is 1.77. The molecular formula is C21H24IN5OS. The van der Waals surface area contributed by atoms with Gasteiger partial charge in [-0.25, -0.2) is 4.98 Å². The molecule has 4 aromatic rings. The first-order valence-corrected chi connectivity index (χ1v) is 10.2. The van der Waals surface area contributed by atoms with Gasteiger partial charge in [0.2, 0.25) is 5.89 Å². The molecule has 2 N–H and O–H groups in total. The van der Waals surface area contributed by atoms with Gasteiger partial charge in [0.05, 0.1) is 17.1 Å². The summed E-state index contributed by atoms with van der Waals surface area (Å²) >= 11 is 1.62. The lowest BCUT2D eigenvalue weighted by atomic mass is 10.2. The molecule has 1 aromatic carbocycles. The molecule has 29 heavy (non-hydrogen) atoms. The summed E-state index contributed by atoms with van der Waals surface area (Å²) in [5.41, 5.74) is 2.13. The highest BCUT2D eigenvalue weighted by molar-refractivity contribution is 14.0. The van der Waals surface area contributed by atoms with Crippen molar-refractivity contribution in [1.29, 1.82) is 0 Å². The van der Waals surface area contributed by atoms with E-state index < -0.39 is 0 Å². The van der Waals surface area contributed by atoms with Crippen LogP contribution in [-0.2, 0) is 13.1 Å². The average molecular weight is 521 g/mol. The molecule has 4 rings (SSSR count). The van der Waals surface area contributed by atoms with Crippen molar-refractivity contribution in [3.63, 3.8) is 0 Å². The Morgan fingerprint density at radius 2 is 2.07 bits per heavy atom. The Hall–Kier alpha value is -2.33. The summed E-state index contributed by atoms with van der Waals surface area (Å²) in [6, 6.07) is 14.6. The number of aromatic nitrogens is 2. The number of hydrogen-bond acceptors (Lipinski definition) is 4. The maximum Gasteiger partial charge on any atom is 0.236 e. The van der Waals surface area contributed by atoms with Crippen LogP contribution in [0.25, 0.3) is 21.7 Å². The van der Waals surface area contributed by atoms with Crippen LogP contribution in [0.4, 0.5) is 0 Å². The zero-order chi connectivity index (χ0) is 19.2. The van der Waals surface area contributed by atoms with Crippen molar-refractivity contribution in [3.05, 3.63) is 66.0 Å². The Labute approximate surface area is 191 Å². The van der Waals surface area contributed by atoms with E-state index in [0.717, 1.165) is 36.0 Å². The number of aliphatic imine (C=N–C) groups is 1. The highest BCUT2D eigenvalue weighted by Crippen LogP contribution is 2.23. The first-order valence-electron chi connectivity index (χ1n) is 9.30. The van der Waals surface area contributed by atoms with Gasteiger partial charge in [0, 0.05) is 31.9 Å². The molecule has 3 heterocycles. The van der Waals surface area contributed by atoms with Gasteiger partial charge in [-0.1, -0.05) is 24.3 Å². The van der Waals surface area contributed by atoms with E-state index in [-0.39, 0.29) is 24.0 Å². The first kappa shape index (κ1) is 21.4. The maximum atomic E-state index is 5.55. The second-order valence-electron chi connectivity index (χ2n) is 6.40. The third-order valence-electron chi connectivity index (χ3n) is 4.49. The number of para-hydroxylation sites is 1. The molecule has 0 unspecified atom stereocenters. The number of halogens is 1. The van der Waals surface area contributed by atoms with E-state index in [1.807, 2.05) is 17.5 Å². The van der Waals surface area contributed by atoms with Crippen LogP contribution in [0.15, 0.2) is 69.7 Å². The van der Waals surface area contributed by atoms with Crippen LogP contribution >= 0.6 is 35.3 Å². The van der Waals surface area contributed by atoms with Gasteiger partial charge in [-0.2, -0.15) is 0 Å². The molecule has 0 aliphatic rings. The lowest BCUT2D eigenvalue weighted by molar-refractivity contribution is 0.573. The van der Waals surface area contributed by atoms with E-state index in [1.54, 1.807) is 24.6 Å². The van der Waals surface area contributed by atoms with Crippen LogP contribution in [0.3, 0.4) is 0 Å². The number of aryl methyl sites for hydroxylation is 1. The Morgan fingerprint density at radius 1 is 1.17 bits per heavy atom. The third kappa shape index (κ3) is 5.39. The van der Waals surface area contributed by atoms with E-state index in [4.69, 9.17) is 4.42 Å². The van der Waals surface area contributed by atoms with Crippen molar-refractivity contribution in [2.75, 3.05) is 13.6 Å². The second kappa shape index (κ2) is 10.4. The predicted molar refractivity (Wildman–Crippen MR) is 130 cm³/mol. The number of hydrogen-bond donors (Lipinski definition) is 2. The van der Waals surface area contributed by atoms with Crippen molar-refractivity contribution in [3.8, 4) is 10.8 Å². The highest BCUT2D eigenvalue weighted by Gasteiger charge is 2.08. The number of nitrogens with zero attached hydrogens (tertiary/aromatic N) is 3. The summed E-state index contributed by atoms with van der Waals surface area (Å²) in [5, 5.41) is 9.93. The Kier molecular flexibility index (Phi) is 7.70. The maximum absolute atomic E-state index is 5.55. The lowest BCUT2D eigenvalue weighted by Gasteiger charge is -2.11. The zero-order valence-corrected chi connectivity index (χ0v) is 19.3. The normalized spacial score (nSPS) is 11.4. The van der Waals surface area contributed by atoms with Gasteiger partial charge < -0.3 is 19.6 Å². The van der Waals surface area contributed by atoms with E-state index in [2.05, 4.69) is 61.7 Å². The summed E-state index contributed by atoms with van der Waals surface area (Å²) in [4.78, 5) is 9.82. The molecule has 0 aliphatic heterocycles. The van der Waals surface area contributed by atoms with Gasteiger partial charge in [0.1, 0.15) is 6.26 Å². The van der Waals surface area contributed by atoms with Gasteiger partial charge in [0.25, 0.3) is 0 Å². The minimum atomic E-state index is 0. The molecule has 0 spiro atoms. The molecule has 152 valence electrons. The largest absolute Gasteiger partial charge is 0.443 e. The number of guanidine groups is 1. The van der Waals surface area contributed by atoms with Crippen molar-refractivity contribution in [2.24, 2.45) is 4.99 Å². The molecular weight excluding hydrogens is 497 g/mol. The average Bonchev–Trinajstić information content (AvgIpc) is 3.48. The zero-order valence-electron chi connectivity index (χ0n) is 16.2. The molecule has 0 saturated heterocycles. The number of benzene rings is 1. The molecule has 0 saturated carbocycles. The topological polar surface area (TPSA) is 67.4 Å². The number of thiophene rings is 1. The molecule has 0 amide bonds. The van der Waals surface area contributed by atoms with Crippen LogP contribution in [-0.4, -0.2) is 29.1 Å². The number of fused-ring (bicyclic) bond motifs is 1. The molecule has 6 nitrogen and oxygen atoms in total. The molecule has 0 fully saturated rings. The predicted octanol–water partition coefficient (Wildman–Crippen LogP) is 4.73. The van der Waals surface area contributed by atoms with Gasteiger partial charge in [-0.05, 0) is 35.4 Å². The minimum absolute atomic E-state index is 0. The number of oxazole rings is 1. The van der Waals surface area contributed by atoms with Crippen molar-refractivity contribution >= 4 is 52.2 Å². The standard InChI is InChI=1S/C21H23N5OS.HI/c1-22-21(24-14-17-15-27-20(25-17)19-8-4-13-28-19)23-10-5-11-26-12-9-16-6-2-3-7-18(16)26;/h2-4,6-9,12-13,15H,5,10-11,14H2,1H3,(H2,22,23,24);1H. The highest BCUT2D eigenvalue weighted by atomic mass is 127. The molecule has 0 bridgehead atoms. The van der Waals surface area contributed by atoms with Crippen molar-refractivity contribution < 1.29 is 4.42 Å². The molecule has 0 atom stereocenters. The summed E-state index contributed by atoms with van der Waals surface area (Å²) in [6.07, 6.45) is 4.84. The fourth-order valence-electron chi connectivity index (χ4n) is 3.09. The van der Waals surface area contributed by atoms with Gasteiger partial charge >= 0.3 is 0 Å². The lowest BCUT2D eigenvalue weighted by Crippen LogP contribution is -2.37. The van der Waals surface area contributed by atoms with E-state index in [1.165, 1.54) is 10.9 Å². The second-order valence-corrected chi connectivity index (χ2v) is 7.34. The molecule has 3 aromatic heterocycles. The fraction of sp³-hybridized carbons (Fsp3) is 0.238. The van der Waals surface area contributed by atoms with E-state index >= 15 is 0 Å². The van der Waals surface area contributed by atoms with E-state index in [9.17, 15) is 0 Å². The fourth-order valence-corrected chi connectivity index (χ4v) is 3.74. The first-order chi connectivity index (χ1) is 13.8. The van der Waals surface area contributed by atoms with Crippen molar-refractivity contribution in [1.82, 2.24) is 20.2 Å². The third-order valence-corrected chi connectivity index (χ3v) is 5.35. The van der Waals surface area contributed by atoms with Gasteiger partial charge in [-0.3, -0.25) is 4.99 Å². The number of nitrogens with one attached hydrogen (secondary N) is 2. The van der Waals surface area contributed by atoms with E-state index in [0.29, 0.717) is 12.4 Å². The Bertz CT molecular complexity index is 1050. The van der Waals surface area contributed by atoms with Gasteiger partial charge in [0.15, 0.2) is 5.96 Å². The van der Waals surface area contributed by atoms with Crippen LogP contribution in [0.1, 0.15) is 12.1 Å². The smallest absolute Gasteiger partial charge is 0.236 e. The van der Waals surface area contributed by atoms with Gasteiger partial charge in [-0.15, -0.1) is 35.3 Å². The summed E-state index contributed by atoms with van der Waals surface area (Å²) in [5.74, 6) is 1.42. The summed E-state index contributed by atoms with van der Waals surface area (Å²) < 4.78 is 7.83. The van der Waals surface area contributed by atoms with Crippen LogP contribution < -0.4 is 10.6 Å². The Balaban J connectivity index is 0.00000240. The molecule has 0 radical (unpaired) electrons. The van der Waals surface area contributed by atoms with Crippen LogP contribution in [0.2, 0.25) is 0 Å².